The van der Waals surface area contributed by atoms with E-state index in [0.29, 0.717) is 18.3 Å². The molecule has 1 saturated heterocycles. The molecule has 3 amide bonds. The predicted molar refractivity (Wildman–Crippen MR) is 102 cm³/mol. The molecule has 1 atom stereocenters. The van der Waals surface area contributed by atoms with Gasteiger partial charge in [0.25, 0.3) is 5.91 Å². The van der Waals surface area contributed by atoms with Gasteiger partial charge in [-0.25, -0.2) is 0 Å². The Morgan fingerprint density at radius 2 is 2.00 bits per heavy atom. The normalized spacial score (nSPS) is 15.0. The van der Waals surface area contributed by atoms with E-state index >= 15 is 0 Å². The molecule has 1 aromatic carbocycles. The number of carbonyl (C=O) groups excluding carboxylic acids is 4. The van der Waals surface area contributed by atoms with E-state index in [4.69, 9.17) is 0 Å². The first-order valence-corrected chi connectivity index (χ1v) is 9.03. The number of rotatable bonds is 8. The van der Waals surface area contributed by atoms with Gasteiger partial charge in [0.05, 0.1) is 0 Å². The summed E-state index contributed by atoms with van der Waals surface area (Å²) in [5.74, 6) is -1.03. The van der Waals surface area contributed by atoms with Crippen molar-refractivity contribution in [1.82, 2.24) is 15.5 Å². The molecule has 27 heavy (non-hydrogen) atoms. The molecule has 1 fully saturated rings. The van der Waals surface area contributed by atoms with E-state index in [0.717, 1.165) is 42.3 Å². The van der Waals surface area contributed by atoms with Gasteiger partial charge in [0.2, 0.25) is 12.3 Å². The van der Waals surface area contributed by atoms with Gasteiger partial charge in [0.15, 0.2) is 0 Å². The summed E-state index contributed by atoms with van der Waals surface area (Å²) in [6.07, 6.45) is 1.19. The largest absolute Gasteiger partial charge is 0.369 e. The van der Waals surface area contributed by atoms with E-state index in [2.05, 4.69) is 15.5 Å². The Morgan fingerprint density at radius 3 is 2.56 bits per heavy atom. The number of piperazine rings is 1. The first kappa shape index (κ1) is 20.6. The second kappa shape index (κ2) is 9.82. The van der Waals surface area contributed by atoms with E-state index in [1.807, 2.05) is 19.1 Å². The summed E-state index contributed by atoms with van der Waals surface area (Å²) in [7, 11) is 1.43. The molecule has 1 aliphatic rings. The number of carbonyl (C=O) groups is 4. The molecule has 1 heterocycles. The fraction of sp³-hybridized carbons (Fsp3) is 0.474. The predicted octanol–water partition coefficient (Wildman–Crippen LogP) is 0.0969. The lowest BCUT2D eigenvalue weighted by atomic mass is 10.0. The van der Waals surface area contributed by atoms with Crippen molar-refractivity contribution in [3.8, 4) is 0 Å². The summed E-state index contributed by atoms with van der Waals surface area (Å²) in [6, 6.07) is 4.44. The van der Waals surface area contributed by atoms with Crippen LogP contribution in [-0.2, 0) is 14.4 Å². The molecular formula is C19H26N4O4. The van der Waals surface area contributed by atoms with E-state index in [1.54, 1.807) is 6.07 Å². The summed E-state index contributed by atoms with van der Waals surface area (Å²) in [4.78, 5) is 50.4. The Bertz CT molecular complexity index is 701. The van der Waals surface area contributed by atoms with Crippen LogP contribution in [0.25, 0.3) is 0 Å². The molecular weight excluding hydrogens is 348 g/mol. The van der Waals surface area contributed by atoms with Crippen molar-refractivity contribution < 1.29 is 19.2 Å². The minimum absolute atomic E-state index is 0.0800. The number of anilines is 1. The highest BCUT2D eigenvalue weighted by atomic mass is 16.2. The molecule has 1 aromatic rings. The summed E-state index contributed by atoms with van der Waals surface area (Å²) >= 11 is 0. The van der Waals surface area contributed by atoms with Gasteiger partial charge in [0.1, 0.15) is 12.3 Å². The number of amides is 3. The Hall–Kier alpha value is -2.74. The average molecular weight is 374 g/mol. The van der Waals surface area contributed by atoms with Crippen LogP contribution in [0.5, 0.6) is 0 Å². The summed E-state index contributed by atoms with van der Waals surface area (Å²) in [5, 5.41) is 5.73. The van der Waals surface area contributed by atoms with Gasteiger partial charge < -0.3 is 20.3 Å². The van der Waals surface area contributed by atoms with Gasteiger partial charge in [-0.05, 0) is 37.1 Å². The Balaban J connectivity index is 2.25. The van der Waals surface area contributed by atoms with Gasteiger partial charge in [-0.2, -0.15) is 0 Å². The third-order valence-electron chi connectivity index (χ3n) is 4.71. The zero-order valence-corrected chi connectivity index (χ0v) is 15.7. The molecule has 8 nitrogen and oxygen atoms in total. The maximum atomic E-state index is 12.9. The molecule has 146 valence electrons. The molecule has 8 heteroatoms. The van der Waals surface area contributed by atoms with E-state index in [-0.39, 0.29) is 12.8 Å². The average Bonchev–Trinajstić information content (AvgIpc) is 2.70. The number of hydrogen-bond donors (Lipinski definition) is 2. The molecule has 0 aliphatic carbocycles. The van der Waals surface area contributed by atoms with Crippen molar-refractivity contribution in [2.24, 2.45) is 0 Å². The van der Waals surface area contributed by atoms with E-state index < -0.39 is 17.9 Å². The number of hydrogen-bond acceptors (Lipinski definition) is 6. The lowest BCUT2D eigenvalue weighted by molar-refractivity contribution is -0.131. The highest BCUT2D eigenvalue weighted by Gasteiger charge is 2.30. The van der Waals surface area contributed by atoms with Crippen LogP contribution >= 0.6 is 0 Å². The van der Waals surface area contributed by atoms with Crippen LogP contribution in [0.4, 0.5) is 5.69 Å². The molecule has 2 N–H and O–H groups in total. The van der Waals surface area contributed by atoms with Crippen molar-refractivity contribution in [3.05, 3.63) is 29.3 Å². The third-order valence-corrected chi connectivity index (χ3v) is 4.71. The standard InChI is InChI=1S/C19H26N4O4/c1-14-12-15(22-9-7-21-8-10-22)5-6-16(14)19(27)23(13-25)17(4-3-11-24)18(26)20-2/h5-6,11-13,17,21H,3-4,7-10H2,1-2H3,(H,20,26). The zero-order chi connectivity index (χ0) is 19.8. The van der Waals surface area contributed by atoms with Crippen molar-refractivity contribution in [1.29, 1.82) is 0 Å². The maximum absolute atomic E-state index is 12.9. The molecule has 1 unspecified atom stereocenters. The molecule has 0 bridgehead atoms. The topological polar surface area (TPSA) is 98.8 Å². The van der Waals surface area contributed by atoms with Crippen LogP contribution in [0.15, 0.2) is 18.2 Å². The Kier molecular flexibility index (Phi) is 7.48. The van der Waals surface area contributed by atoms with Crippen molar-refractivity contribution in [2.45, 2.75) is 25.8 Å². The van der Waals surface area contributed by atoms with Crippen LogP contribution < -0.4 is 15.5 Å². The molecule has 0 spiro atoms. The number of likely N-dealkylation sites (N-methyl/N-ethyl adjacent to an activating group) is 1. The van der Waals surface area contributed by atoms with Crippen LogP contribution in [0.3, 0.4) is 0 Å². The molecule has 2 rings (SSSR count). The molecule has 0 radical (unpaired) electrons. The Labute approximate surface area is 158 Å². The highest BCUT2D eigenvalue weighted by molar-refractivity contribution is 6.04. The number of nitrogens with zero attached hydrogens (tertiary/aromatic N) is 2. The lowest BCUT2D eigenvalue weighted by Crippen LogP contribution is -2.48. The molecule has 1 aliphatic heterocycles. The number of aldehydes is 1. The second-order valence-corrected chi connectivity index (χ2v) is 6.43. The fourth-order valence-electron chi connectivity index (χ4n) is 3.20. The van der Waals surface area contributed by atoms with Crippen LogP contribution in [-0.4, -0.2) is 68.7 Å². The zero-order valence-electron chi connectivity index (χ0n) is 15.7. The number of aryl methyl sites for hydroxylation is 1. The lowest BCUT2D eigenvalue weighted by Gasteiger charge is -2.30. The van der Waals surface area contributed by atoms with Gasteiger partial charge in [-0.1, -0.05) is 0 Å². The summed E-state index contributed by atoms with van der Waals surface area (Å²) in [5.41, 5.74) is 2.11. The number of imide groups is 1. The minimum Gasteiger partial charge on any atom is -0.369 e. The SMILES string of the molecule is CNC(=O)C(CCC=O)N(C=O)C(=O)c1ccc(N2CCNCC2)cc1C. The van der Waals surface area contributed by atoms with Crippen LogP contribution in [0.1, 0.15) is 28.8 Å². The Morgan fingerprint density at radius 1 is 1.30 bits per heavy atom. The first-order chi connectivity index (χ1) is 13.0. The number of benzene rings is 1. The summed E-state index contributed by atoms with van der Waals surface area (Å²) in [6.45, 7) is 5.39. The molecule has 0 aromatic heterocycles. The van der Waals surface area contributed by atoms with Gasteiger partial charge in [-0.15, -0.1) is 0 Å². The van der Waals surface area contributed by atoms with Gasteiger partial charge in [-0.3, -0.25) is 19.3 Å². The quantitative estimate of drug-likeness (QED) is 0.626. The number of nitrogens with one attached hydrogen (secondary N) is 2. The van der Waals surface area contributed by atoms with Crippen molar-refractivity contribution in [3.63, 3.8) is 0 Å². The van der Waals surface area contributed by atoms with Gasteiger partial charge >= 0.3 is 0 Å². The van der Waals surface area contributed by atoms with Gasteiger partial charge in [0, 0.05) is 50.9 Å². The van der Waals surface area contributed by atoms with Crippen molar-refractivity contribution in [2.75, 3.05) is 38.1 Å². The van der Waals surface area contributed by atoms with E-state index in [9.17, 15) is 19.2 Å². The van der Waals surface area contributed by atoms with Crippen LogP contribution in [0, 0.1) is 6.92 Å². The highest BCUT2D eigenvalue weighted by Crippen LogP contribution is 2.22. The first-order valence-electron chi connectivity index (χ1n) is 9.03. The molecule has 0 saturated carbocycles. The second-order valence-electron chi connectivity index (χ2n) is 6.43. The third kappa shape index (κ3) is 4.91. The smallest absolute Gasteiger partial charge is 0.261 e. The maximum Gasteiger partial charge on any atom is 0.261 e. The summed E-state index contributed by atoms with van der Waals surface area (Å²) < 4.78 is 0. The van der Waals surface area contributed by atoms with Crippen LogP contribution in [0.2, 0.25) is 0 Å². The van der Waals surface area contributed by atoms with E-state index in [1.165, 1.54) is 7.05 Å². The van der Waals surface area contributed by atoms with Crippen molar-refractivity contribution >= 4 is 30.2 Å². The monoisotopic (exact) mass is 374 g/mol. The minimum atomic E-state index is -1.02. The fourth-order valence-corrected chi connectivity index (χ4v) is 3.20.